The molecule has 0 saturated carbocycles. The number of para-hydroxylation sites is 1. The van der Waals surface area contributed by atoms with E-state index in [1.165, 1.54) is 12.1 Å². The number of nitro benzene ring substituents is 1. The maximum Gasteiger partial charge on any atom is 0.306 e. The number of carbonyl (C=O) groups excluding carboxylic acids is 3. The molecule has 0 saturated heterocycles. The molecule has 0 aromatic heterocycles. The fourth-order valence-corrected chi connectivity index (χ4v) is 2.64. The number of nitro groups is 1. The zero-order valence-electron chi connectivity index (χ0n) is 16.5. The SMILES string of the molecule is Cc1ccc(C(=O)CCC(=O)OCC(=O)Nc2c(C)cccc2[N+](=O)[O-])cc1C. The van der Waals surface area contributed by atoms with E-state index in [4.69, 9.17) is 4.74 Å². The van der Waals surface area contributed by atoms with Gasteiger partial charge >= 0.3 is 5.97 Å². The van der Waals surface area contributed by atoms with Crippen molar-refractivity contribution in [3.8, 4) is 0 Å². The maximum atomic E-state index is 12.2. The van der Waals surface area contributed by atoms with Crippen LogP contribution >= 0.6 is 0 Å². The lowest BCUT2D eigenvalue weighted by Gasteiger charge is -2.09. The van der Waals surface area contributed by atoms with Crippen LogP contribution in [0.25, 0.3) is 0 Å². The topological polar surface area (TPSA) is 116 Å². The van der Waals surface area contributed by atoms with Gasteiger partial charge in [0, 0.05) is 18.1 Å². The number of nitrogens with zero attached hydrogens (tertiary/aromatic N) is 1. The van der Waals surface area contributed by atoms with E-state index in [1.807, 2.05) is 19.9 Å². The van der Waals surface area contributed by atoms with Crippen molar-refractivity contribution >= 4 is 29.0 Å². The van der Waals surface area contributed by atoms with Crippen molar-refractivity contribution in [2.24, 2.45) is 0 Å². The van der Waals surface area contributed by atoms with Gasteiger partial charge in [-0.05, 0) is 43.5 Å². The third kappa shape index (κ3) is 5.97. The summed E-state index contributed by atoms with van der Waals surface area (Å²) in [6, 6.07) is 9.72. The van der Waals surface area contributed by atoms with Gasteiger partial charge in [0.2, 0.25) is 0 Å². The molecule has 0 unspecified atom stereocenters. The van der Waals surface area contributed by atoms with Crippen molar-refractivity contribution in [3.05, 3.63) is 68.8 Å². The molecule has 1 amide bonds. The van der Waals surface area contributed by atoms with Gasteiger partial charge < -0.3 is 10.1 Å². The van der Waals surface area contributed by atoms with E-state index < -0.39 is 23.4 Å². The summed E-state index contributed by atoms with van der Waals surface area (Å²) in [5.74, 6) is -1.59. The number of esters is 1. The molecule has 0 heterocycles. The summed E-state index contributed by atoms with van der Waals surface area (Å²) >= 11 is 0. The van der Waals surface area contributed by atoms with Crippen LogP contribution in [-0.2, 0) is 14.3 Å². The minimum atomic E-state index is -0.698. The van der Waals surface area contributed by atoms with Crippen molar-refractivity contribution in [1.82, 2.24) is 0 Å². The van der Waals surface area contributed by atoms with E-state index in [9.17, 15) is 24.5 Å². The van der Waals surface area contributed by atoms with E-state index in [2.05, 4.69) is 5.32 Å². The lowest BCUT2D eigenvalue weighted by molar-refractivity contribution is -0.384. The van der Waals surface area contributed by atoms with Gasteiger partial charge in [0.25, 0.3) is 11.6 Å². The Bertz CT molecular complexity index is 968. The number of nitrogens with one attached hydrogen (secondary N) is 1. The summed E-state index contributed by atoms with van der Waals surface area (Å²) in [5.41, 5.74) is 2.90. The predicted molar refractivity (Wildman–Crippen MR) is 107 cm³/mol. The molecule has 0 aliphatic heterocycles. The van der Waals surface area contributed by atoms with Crippen LogP contribution in [0.3, 0.4) is 0 Å². The Morgan fingerprint density at radius 3 is 2.38 bits per heavy atom. The Balaban J connectivity index is 1.85. The molecule has 0 atom stereocenters. The minimum Gasteiger partial charge on any atom is -0.456 e. The van der Waals surface area contributed by atoms with Crippen LogP contribution in [0.4, 0.5) is 11.4 Å². The number of rotatable bonds is 8. The molecular formula is C21H22N2O6. The minimum absolute atomic E-state index is 0.0355. The maximum absolute atomic E-state index is 12.2. The van der Waals surface area contributed by atoms with Crippen LogP contribution < -0.4 is 5.32 Å². The second-order valence-corrected chi connectivity index (χ2v) is 6.66. The molecule has 8 nitrogen and oxygen atoms in total. The number of hydrogen-bond donors (Lipinski definition) is 1. The molecule has 0 bridgehead atoms. The van der Waals surface area contributed by atoms with Crippen molar-refractivity contribution in [3.63, 3.8) is 0 Å². The molecule has 0 spiro atoms. The highest BCUT2D eigenvalue weighted by molar-refractivity contribution is 5.98. The van der Waals surface area contributed by atoms with E-state index >= 15 is 0 Å². The highest BCUT2D eigenvalue weighted by Crippen LogP contribution is 2.27. The lowest BCUT2D eigenvalue weighted by Crippen LogP contribution is -2.22. The number of hydrogen-bond acceptors (Lipinski definition) is 6. The summed E-state index contributed by atoms with van der Waals surface area (Å²) < 4.78 is 4.87. The number of ketones is 1. The number of ether oxygens (including phenoxy) is 1. The van der Waals surface area contributed by atoms with Crippen molar-refractivity contribution < 1.29 is 24.0 Å². The normalized spacial score (nSPS) is 10.3. The van der Waals surface area contributed by atoms with Crippen molar-refractivity contribution in [1.29, 1.82) is 0 Å². The second-order valence-electron chi connectivity index (χ2n) is 6.66. The number of Topliss-reactive ketones (excluding diaryl/α,β-unsaturated/α-hetero) is 1. The second kappa shape index (κ2) is 9.59. The van der Waals surface area contributed by atoms with Gasteiger partial charge in [-0.25, -0.2) is 0 Å². The third-order valence-electron chi connectivity index (χ3n) is 4.46. The monoisotopic (exact) mass is 398 g/mol. The average Bonchev–Trinajstić information content (AvgIpc) is 2.67. The first-order chi connectivity index (χ1) is 13.7. The number of amides is 1. The molecule has 2 aromatic rings. The van der Waals surface area contributed by atoms with E-state index in [0.29, 0.717) is 11.1 Å². The predicted octanol–water partition coefficient (Wildman–Crippen LogP) is 3.66. The fourth-order valence-electron chi connectivity index (χ4n) is 2.64. The highest BCUT2D eigenvalue weighted by Gasteiger charge is 2.19. The van der Waals surface area contributed by atoms with Crippen molar-refractivity contribution in [2.45, 2.75) is 33.6 Å². The first-order valence-electron chi connectivity index (χ1n) is 8.99. The molecule has 8 heteroatoms. The van der Waals surface area contributed by atoms with Crippen molar-refractivity contribution in [2.75, 3.05) is 11.9 Å². The third-order valence-corrected chi connectivity index (χ3v) is 4.46. The summed E-state index contributed by atoms with van der Waals surface area (Å²) in [6.45, 7) is 4.87. The van der Waals surface area contributed by atoms with E-state index in [1.54, 1.807) is 25.1 Å². The summed E-state index contributed by atoms with van der Waals surface area (Å²) in [4.78, 5) is 46.5. The summed E-state index contributed by atoms with van der Waals surface area (Å²) in [6.07, 6.45) is -0.199. The smallest absolute Gasteiger partial charge is 0.306 e. The van der Waals surface area contributed by atoms with Crippen LogP contribution in [0, 0.1) is 30.9 Å². The van der Waals surface area contributed by atoms with Gasteiger partial charge in [-0.2, -0.15) is 0 Å². The summed E-state index contributed by atoms with van der Waals surface area (Å²) in [5, 5.41) is 13.5. The van der Waals surface area contributed by atoms with Gasteiger partial charge in [0.15, 0.2) is 12.4 Å². The molecule has 1 N–H and O–H groups in total. The van der Waals surface area contributed by atoms with E-state index in [0.717, 1.165) is 11.1 Å². The fraction of sp³-hybridized carbons (Fsp3) is 0.286. The van der Waals surface area contributed by atoms with Crippen LogP contribution in [0.15, 0.2) is 36.4 Å². The zero-order chi connectivity index (χ0) is 21.6. The van der Waals surface area contributed by atoms with E-state index in [-0.39, 0.29) is 30.0 Å². The Labute approximate surface area is 168 Å². The largest absolute Gasteiger partial charge is 0.456 e. The number of carbonyl (C=O) groups is 3. The Morgan fingerprint density at radius 2 is 1.72 bits per heavy atom. The molecule has 0 aliphatic carbocycles. The van der Waals surface area contributed by atoms with Gasteiger partial charge in [-0.15, -0.1) is 0 Å². The van der Waals surface area contributed by atoms with Crippen LogP contribution in [0.1, 0.15) is 39.9 Å². The zero-order valence-corrected chi connectivity index (χ0v) is 16.5. The number of benzene rings is 2. The Kier molecular flexibility index (Phi) is 7.19. The quantitative estimate of drug-likeness (QED) is 0.314. The Morgan fingerprint density at radius 1 is 1.00 bits per heavy atom. The molecule has 2 rings (SSSR count). The Hall–Kier alpha value is -3.55. The first kappa shape index (κ1) is 21.7. The van der Waals surface area contributed by atoms with Gasteiger partial charge in [-0.1, -0.05) is 24.3 Å². The first-order valence-corrected chi connectivity index (χ1v) is 8.99. The van der Waals surface area contributed by atoms with Crippen LogP contribution in [0.2, 0.25) is 0 Å². The van der Waals surface area contributed by atoms with Gasteiger partial charge in [0.05, 0.1) is 11.3 Å². The van der Waals surface area contributed by atoms with Crippen LogP contribution in [0.5, 0.6) is 0 Å². The van der Waals surface area contributed by atoms with Crippen LogP contribution in [-0.4, -0.2) is 29.2 Å². The molecule has 0 fully saturated rings. The molecule has 29 heavy (non-hydrogen) atoms. The molecular weight excluding hydrogens is 376 g/mol. The highest BCUT2D eigenvalue weighted by atomic mass is 16.6. The van der Waals surface area contributed by atoms with Gasteiger partial charge in [0.1, 0.15) is 5.69 Å². The number of anilines is 1. The van der Waals surface area contributed by atoms with Gasteiger partial charge in [-0.3, -0.25) is 24.5 Å². The average molecular weight is 398 g/mol. The molecule has 0 radical (unpaired) electrons. The molecule has 2 aromatic carbocycles. The standard InChI is InChI=1S/C21H22N2O6/c1-13-7-8-16(11-15(13)3)18(24)9-10-20(26)29-12-19(25)22-21-14(2)5-4-6-17(21)23(27)28/h4-8,11H,9-10,12H2,1-3H3,(H,22,25). The molecule has 152 valence electrons. The molecule has 0 aliphatic rings. The lowest BCUT2D eigenvalue weighted by atomic mass is 10.0. The number of aryl methyl sites for hydroxylation is 3. The summed E-state index contributed by atoms with van der Waals surface area (Å²) in [7, 11) is 0.